The minimum atomic E-state index is -0.209. The van der Waals surface area contributed by atoms with Gasteiger partial charge in [-0.3, -0.25) is 9.48 Å². The molecule has 1 aromatic heterocycles. The second-order valence-corrected chi connectivity index (χ2v) is 4.60. The van der Waals surface area contributed by atoms with Gasteiger partial charge in [0.2, 0.25) is 0 Å². The van der Waals surface area contributed by atoms with Crippen molar-refractivity contribution in [1.29, 1.82) is 0 Å². The van der Waals surface area contributed by atoms with Gasteiger partial charge in [-0.05, 0) is 18.6 Å². The first-order valence-electron chi connectivity index (χ1n) is 5.69. The molecule has 0 aliphatic heterocycles. The molecule has 2 rings (SSSR count). The van der Waals surface area contributed by atoms with Gasteiger partial charge in [0.1, 0.15) is 10.8 Å². The third-order valence-corrected chi connectivity index (χ3v) is 3.05. The van der Waals surface area contributed by atoms with Crippen LogP contribution in [0.5, 0.6) is 0 Å². The fourth-order valence-electron chi connectivity index (χ4n) is 1.77. The zero-order valence-corrected chi connectivity index (χ0v) is 11.5. The van der Waals surface area contributed by atoms with Crippen molar-refractivity contribution < 1.29 is 4.79 Å². The van der Waals surface area contributed by atoms with Crippen LogP contribution < -0.4 is 11.1 Å². The number of hydrogen-bond donors (Lipinski definition) is 2. The molecule has 0 spiro atoms. The van der Waals surface area contributed by atoms with Gasteiger partial charge in [0.25, 0.3) is 5.91 Å². The Kier molecular flexibility index (Phi) is 3.62. The average Bonchev–Trinajstić information content (AvgIpc) is 2.71. The van der Waals surface area contributed by atoms with E-state index >= 15 is 0 Å². The summed E-state index contributed by atoms with van der Waals surface area (Å²) >= 11 is 4.93. The Morgan fingerprint density at radius 3 is 2.68 bits per heavy atom. The molecule has 6 heteroatoms. The van der Waals surface area contributed by atoms with Crippen LogP contribution in [0.15, 0.2) is 30.5 Å². The molecular formula is C13H14N4OS. The van der Waals surface area contributed by atoms with Crippen molar-refractivity contribution in [3.63, 3.8) is 0 Å². The Morgan fingerprint density at radius 1 is 1.37 bits per heavy atom. The smallest absolute Gasteiger partial charge is 0.257 e. The third-order valence-electron chi connectivity index (χ3n) is 2.83. The number of amides is 1. The number of carbonyl (C=O) groups is 1. The second kappa shape index (κ2) is 5.19. The van der Waals surface area contributed by atoms with Crippen molar-refractivity contribution in [3.05, 3.63) is 47.2 Å². The number of hydrogen-bond acceptors (Lipinski definition) is 3. The van der Waals surface area contributed by atoms with Gasteiger partial charge in [0.15, 0.2) is 0 Å². The standard InChI is InChI=1S/C13H14N4OS/c1-8-5-3-4-6-9(8)13(18)16-12-10(11(14)19)7-15-17(12)2/h3-7H,1-2H3,(H2,14,19)(H,16,18). The molecule has 19 heavy (non-hydrogen) atoms. The summed E-state index contributed by atoms with van der Waals surface area (Å²) < 4.78 is 1.53. The third kappa shape index (κ3) is 2.63. The van der Waals surface area contributed by atoms with E-state index in [4.69, 9.17) is 18.0 Å². The van der Waals surface area contributed by atoms with Crippen LogP contribution in [0.25, 0.3) is 0 Å². The van der Waals surface area contributed by atoms with E-state index in [2.05, 4.69) is 10.4 Å². The lowest BCUT2D eigenvalue weighted by atomic mass is 10.1. The van der Waals surface area contributed by atoms with Gasteiger partial charge in [0.05, 0.1) is 11.8 Å². The Bertz CT molecular complexity index is 648. The summed E-state index contributed by atoms with van der Waals surface area (Å²) in [6, 6.07) is 7.35. The van der Waals surface area contributed by atoms with Crippen molar-refractivity contribution in [2.75, 3.05) is 5.32 Å². The summed E-state index contributed by atoms with van der Waals surface area (Å²) in [4.78, 5) is 12.4. The fraction of sp³-hybridized carbons (Fsp3) is 0.154. The molecule has 0 unspecified atom stereocenters. The summed E-state index contributed by atoms with van der Waals surface area (Å²) in [6.45, 7) is 1.88. The van der Waals surface area contributed by atoms with Gasteiger partial charge in [-0.2, -0.15) is 5.10 Å². The second-order valence-electron chi connectivity index (χ2n) is 4.16. The molecule has 0 bridgehead atoms. The number of aromatic nitrogens is 2. The van der Waals surface area contributed by atoms with E-state index in [0.717, 1.165) is 5.56 Å². The van der Waals surface area contributed by atoms with Crippen molar-refractivity contribution in [2.24, 2.45) is 12.8 Å². The number of carbonyl (C=O) groups excluding carboxylic acids is 1. The molecule has 5 nitrogen and oxygen atoms in total. The van der Waals surface area contributed by atoms with Gasteiger partial charge in [0, 0.05) is 12.6 Å². The zero-order chi connectivity index (χ0) is 14.0. The zero-order valence-electron chi connectivity index (χ0n) is 10.7. The van der Waals surface area contributed by atoms with Crippen molar-refractivity contribution in [3.8, 4) is 0 Å². The van der Waals surface area contributed by atoms with Crippen LogP contribution in [0.1, 0.15) is 21.5 Å². The molecular weight excluding hydrogens is 260 g/mol. The van der Waals surface area contributed by atoms with Crippen LogP contribution in [0.2, 0.25) is 0 Å². The molecule has 1 aromatic carbocycles. The highest BCUT2D eigenvalue weighted by Gasteiger charge is 2.15. The predicted octanol–water partition coefficient (Wildman–Crippen LogP) is 1.62. The molecule has 0 atom stereocenters. The van der Waals surface area contributed by atoms with Gasteiger partial charge in [-0.1, -0.05) is 30.4 Å². The van der Waals surface area contributed by atoms with E-state index < -0.39 is 0 Å². The van der Waals surface area contributed by atoms with E-state index in [9.17, 15) is 4.79 Å². The maximum absolute atomic E-state index is 12.2. The van der Waals surface area contributed by atoms with E-state index in [0.29, 0.717) is 16.9 Å². The van der Waals surface area contributed by atoms with E-state index in [-0.39, 0.29) is 10.9 Å². The number of nitrogens with one attached hydrogen (secondary N) is 1. The van der Waals surface area contributed by atoms with E-state index in [1.807, 2.05) is 25.1 Å². The van der Waals surface area contributed by atoms with Crippen LogP contribution in [0.3, 0.4) is 0 Å². The molecule has 0 radical (unpaired) electrons. The summed E-state index contributed by atoms with van der Waals surface area (Å²) in [5.41, 5.74) is 7.66. The first-order valence-corrected chi connectivity index (χ1v) is 6.10. The Hall–Kier alpha value is -2.21. The Balaban J connectivity index is 2.32. The minimum absolute atomic E-state index is 0.202. The normalized spacial score (nSPS) is 10.2. The predicted molar refractivity (Wildman–Crippen MR) is 78.2 cm³/mol. The highest BCUT2D eigenvalue weighted by atomic mass is 32.1. The molecule has 3 N–H and O–H groups in total. The molecule has 2 aromatic rings. The number of nitrogens with zero attached hydrogens (tertiary/aromatic N) is 2. The minimum Gasteiger partial charge on any atom is -0.389 e. The number of benzene rings is 1. The number of nitrogens with two attached hydrogens (primary N) is 1. The summed E-state index contributed by atoms with van der Waals surface area (Å²) in [5, 5.41) is 6.83. The van der Waals surface area contributed by atoms with Crippen LogP contribution >= 0.6 is 12.2 Å². The van der Waals surface area contributed by atoms with Crippen molar-refractivity contribution >= 4 is 28.9 Å². The molecule has 0 saturated heterocycles. The first-order chi connectivity index (χ1) is 9.00. The van der Waals surface area contributed by atoms with Gasteiger partial charge in [-0.25, -0.2) is 0 Å². The summed E-state index contributed by atoms with van der Waals surface area (Å²) in [7, 11) is 1.72. The summed E-state index contributed by atoms with van der Waals surface area (Å²) in [6.07, 6.45) is 1.54. The Labute approximate surface area is 116 Å². The van der Waals surface area contributed by atoms with Crippen LogP contribution in [0.4, 0.5) is 5.82 Å². The SMILES string of the molecule is Cc1ccccc1C(=O)Nc1c(C(N)=S)cnn1C. The quantitative estimate of drug-likeness (QED) is 0.834. The largest absolute Gasteiger partial charge is 0.389 e. The highest BCUT2D eigenvalue weighted by molar-refractivity contribution is 7.80. The number of anilines is 1. The highest BCUT2D eigenvalue weighted by Crippen LogP contribution is 2.16. The van der Waals surface area contributed by atoms with Crippen LogP contribution in [-0.4, -0.2) is 20.7 Å². The van der Waals surface area contributed by atoms with Crippen molar-refractivity contribution in [1.82, 2.24) is 9.78 Å². The van der Waals surface area contributed by atoms with E-state index in [1.54, 1.807) is 13.1 Å². The molecule has 0 saturated carbocycles. The molecule has 98 valence electrons. The lowest BCUT2D eigenvalue weighted by molar-refractivity contribution is 0.102. The van der Waals surface area contributed by atoms with Gasteiger partial charge in [-0.15, -0.1) is 0 Å². The van der Waals surface area contributed by atoms with Crippen LogP contribution in [-0.2, 0) is 7.05 Å². The molecule has 0 fully saturated rings. The average molecular weight is 274 g/mol. The lowest BCUT2D eigenvalue weighted by Crippen LogP contribution is -2.19. The number of thiocarbonyl (C=S) groups is 1. The number of rotatable bonds is 3. The fourth-order valence-corrected chi connectivity index (χ4v) is 1.92. The van der Waals surface area contributed by atoms with Gasteiger partial charge < -0.3 is 11.1 Å². The molecule has 1 amide bonds. The molecule has 0 aliphatic rings. The van der Waals surface area contributed by atoms with E-state index in [1.165, 1.54) is 10.9 Å². The first kappa shape index (κ1) is 13.2. The maximum Gasteiger partial charge on any atom is 0.257 e. The summed E-state index contributed by atoms with van der Waals surface area (Å²) in [5.74, 6) is 0.292. The lowest BCUT2D eigenvalue weighted by Gasteiger charge is -2.09. The Morgan fingerprint density at radius 2 is 2.05 bits per heavy atom. The van der Waals surface area contributed by atoms with Crippen LogP contribution in [0, 0.1) is 6.92 Å². The van der Waals surface area contributed by atoms with Gasteiger partial charge >= 0.3 is 0 Å². The monoisotopic (exact) mass is 274 g/mol. The molecule has 0 aliphatic carbocycles. The topological polar surface area (TPSA) is 72.9 Å². The maximum atomic E-state index is 12.2. The van der Waals surface area contributed by atoms with Crippen molar-refractivity contribution in [2.45, 2.75) is 6.92 Å². The number of aryl methyl sites for hydroxylation is 2. The molecule has 1 heterocycles.